The van der Waals surface area contributed by atoms with E-state index in [9.17, 15) is 14.9 Å². The number of hydrogen-bond acceptors (Lipinski definition) is 9. The van der Waals surface area contributed by atoms with Gasteiger partial charge in [0.05, 0.1) is 41.5 Å². The molecule has 11 heteroatoms. The summed E-state index contributed by atoms with van der Waals surface area (Å²) in [5, 5.41) is 16.1. The van der Waals surface area contributed by atoms with Crippen molar-refractivity contribution in [3.63, 3.8) is 0 Å². The minimum atomic E-state index is -0.357. The molecule has 0 fully saturated rings. The number of hydrogen-bond donors (Lipinski definition) is 2. The highest BCUT2D eigenvalue weighted by molar-refractivity contribution is 6.02. The van der Waals surface area contributed by atoms with Crippen molar-refractivity contribution in [1.29, 1.82) is 5.26 Å². The second-order valence-electron chi connectivity index (χ2n) is 9.71. The number of nitriles is 1. The first-order valence-corrected chi connectivity index (χ1v) is 12.8. The maximum absolute atomic E-state index is 13.1. The van der Waals surface area contributed by atoms with Crippen LogP contribution in [0, 0.1) is 18.3 Å². The molecule has 1 amide bonds. The van der Waals surface area contributed by atoms with E-state index < -0.39 is 0 Å². The van der Waals surface area contributed by atoms with Gasteiger partial charge in [-0.2, -0.15) is 10.2 Å². The number of amides is 1. The van der Waals surface area contributed by atoms with Gasteiger partial charge in [0.1, 0.15) is 5.75 Å². The summed E-state index contributed by atoms with van der Waals surface area (Å²) in [5.74, 6) is 0.352. The van der Waals surface area contributed by atoms with Crippen LogP contribution in [-0.2, 0) is 4.79 Å². The molecule has 2 heterocycles. The third-order valence-corrected chi connectivity index (χ3v) is 6.50. The van der Waals surface area contributed by atoms with Crippen LogP contribution in [0.3, 0.4) is 0 Å². The van der Waals surface area contributed by atoms with Crippen LogP contribution in [0.2, 0.25) is 0 Å². The molecular weight excluding hydrogens is 520 g/mol. The van der Waals surface area contributed by atoms with E-state index in [1.54, 1.807) is 43.6 Å². The molecule has 0 saturated heterocycles. The van der Waals surface area contributed by atoms with Gasteiger partial charge in [0, 0.05) is 43.9 Å². The highest BCUT2D eigenvalue weighted by Gasteiger charge is 2.18. The standard InChI is InChI=1S/C30H32N8O3/c1-7-27(39)33-23-15-24(26(41-6)16-25(23)37(5)12-11-36(3)4)34-30-32-18-22-19(2)13-28(40)38(29(22)35-30)21-10-8-9-20(14-21)17-31/h7-10,13-16,18H,1,11-12H2,2-6H3,(H,33,39)(H,32,34,35). The Bertz CT molecular complexity index is 1720. The van der Waals surface area contributed by atoms with E-state index in [1.807, 2.05) is 39.0 Å². The first kappa shape index (κ1) is 28.8. The molecule has 2 aromatic heterocycles. The van der Waals surface area contributed by atoms with Gasteiger partial charge < -0.3 is 25.2 Å². The van der Waals surface area contributed by atoms with Gasteiger partial charge in [-0.25, -0.2) is 4.98 Å². The second-order valence-corrected chi connectivity index (χ2v) is 9.71. The topological polar surface area (TPSA) is 128 Å². The van der Waals surface area contributed by atoms with Gasteiger partial charge in [-0.1, -0.05) is 12.6 Å². The summed E-state index contributed by atoms with van der Waals surface area (Å²) in [5.41, 5.74) is 3.55. The molecule has 0 atom stereocenters. The lowest BCUT2D eigenvalue weighted by Crippen LogP contribution is -2.29. The van der Waals surface area contributed by atoms with E-state index in [4.69, 9.17) is 9.72 Å². The number of rotatable bonds is 10. The van der Waals surface area contributed by atoms with E-state index in [0.29, 0.717) is 46.0 Å². The van der Waals surface area contributed by atoms with Crippen LogP contribution in [0.25, 0.3) is 16.7 Å². The number of likely N-dealkylation sites (N-methyl/N-ethyl adjacent to an activating group) is 2. The van der Waals surface area contributed by atoms with E-state index in [0.717, 1.165) is 17.8 Å². The molecule has 0 aliphatic rings. The van der Waals surface area contributed by atoms with Crippen LogP contribution in [-0.4, -0.2) is 66.7 Å². The Kier molecular flexibility index (Phi) is 8.65. The molecule has 4 aromatic rings. The Morgan fingerprint density at radius 3 is 2.63 bits per heavy atom. The van der Waals surface area contributed by atoms with Gasteiger partial charge in [0.2, 0.25) is 11.9 Å². The Hall–Kier alpha value is -5.21. The number of nitrogens with zero attached hydrogens (tertiary/aromatic N) is 6. The third kappa shape index (κ3) is 6.34. The van der Waals surface area contributed by atoms with Crippen LogP contribution in [0.15, 0.2) is 66.1 Å². The Balaban J connectivity index is 1.82. The highest BCUT2D eigenvalue weighted by Crippen LogP contribution is 2.38. The van der Waals surface area contributed by atoms with Crippen LogP contribution in [0.5, 0.6) is 5.75 Å². The molecular formula is C30H32N8O3. The maximum Gasteiger partial charge on any atom is 0.257 e. The predicted octanol–water partition coefficient (Wildman–Crippen LogP) is 3.84. The summed E-state index contributed by atoms with van der Waals surface area (Å²) in [6.45, 7) is 6.89. The van der Waals surface area contributed by atoms with Crippen molar-refractivity contribution in [3.8, 4) is 17.5 Å². The number of benzene rings is 2. The average molecular weight is 553 g/mol. The summed E-state index contributed by atoms with van der Waals surface area (Å²) >= 11 is 0. The van der Waals surface area contributed by atoms with E-state index in [-0.39, 0.29) is 17.4 Å². The van der Waals surface area contributed by atoms with Crippen LogP contribution in [0.4, 0.5) is 23.0 Å². The van der Waals surface area contributed by atoms with Gasteiger partial charge in [-0.05, 0) is 56.9 Å². The molecule has 0 aliphatic heterocycles. The van der Waals surface area contributed by atoms with Gasteiger partial charge in [0.15, 0.2) is 5.65 Å². The summed E-state index contributed by atoms with van der Waals surface area (Å²) in [6.07, 6.45) is 2.84. The van der Waals surface area contributed by atoms with Crippen molar-refractivity contribution >= 4 is 40.0 Å². The number of methoxy groups -OCH3 is 1. The number of anilines is 4. The average Bonchev–Trinajstić information content (AvgIpc) is 2.96. The smallest absolute Gasteiger partial charge is 0.257 e. The molecule has 0 radical (unpaired) electrons. The molecule has 210 valence electrons. The summed E-state index contributed by atoms with van der Waals surface area (Å²) in [7, 11) is 7.47. The van der Waals surface area contributed by atoms with E-state index in [2.05, 4.69) is 33.2 Å². The number of ether oxygens (including phenoxy) is 1. The lowest BCUT2D eigenvalue weighted by atomic mass is 10.1. The molecule has 0 aliphatic carbocycles. The van der Waals surface area contributed by atoms with Crippen molar-refractivity contribution in [2.75, 3.05) is 56.9 Å². The summed E-state index contributed by atoms with van der Waals surface area (Å²) in [6, 6.07) is 14.0. The number of pyridine rings is 1. The third-order valence-electron chi connectivity index (χ3n) is 6.50. The molecule has 2 aromatic carbocycles. The zero-order valence-electron chi connectivity index (χ0n) is 23.7. The molecule has 0 spiro atoms. The molecule has 11 nitrogen and oxygen atoms in total. The highest BCUT2D eigenvalue weighted by atomic mass is 16.5. The van der Waals surface area contributed by atoms with Crippen molar-refractivity contribution in [3.05, 3.63) is 82.8 Å². The Labute approximate surface area is 238 Å². The van der Waals surface area contributed by atoms with Crippen LogP contribution in [0.1, 0.15) is 11.1 Å². The van der Waals surface area contributed by atoms with Crippen molar-refractivity contribution in [2.24, 2.45) is 0 Å². The molecule has 2 N–H and O–H groups in total. The quantitative estimate of drug-likeness (QED) is 0.282. The fraction of sp³-hybridized carbons (Fsp3) is 0.233. The minimum absolute atomic E-state index is 0.209. The zero-order valence-corrected chi connectivity index (χ0v) is 23.7. The lowest BCUT2D eigenvalue weighted by molar-refractivity contribution is -0.111. The van der Waals surface area contributed by atoms with Gasteiger partial charge in [0.25, 0.3) is 5.56 Å². The fourth-order valence-corrected chi connectivity index (χ4v) is 4.30. The van der Waals surface area contributed by atoms with Crippen molar-refractivity contribution in [2.45, 2.75) is 6.92 Å². The fourth-order valence-electron chi connectivity index (χ4n) is 4.30. The normalized spacial score (nSPS) is 10.8. The van der Waals surface area contributed by atoms with E-state index in [1.165, 1.54) is 16.7 Å². The lowest BCUT2D eigenvalue weighted by Gasteiger charge is -2.26. The first-order chi connectivity index (χ1) is 19.6. The van der Waals surface area contributed by atoms with Gasteiger partial charge >= 0.3 is 0 Å². The summed E-state index contributed by atoms with van der Waals surface area (Å²) in [4.78, 5) is 38.7. The molecule has 4 rings (SSSR count). The summed E-state index contributed by atoms with van der Waals surface area (Å²) < 4.78 is 7.14. The monoisotopic (exact) mass is 552 g/mol. The molecule has 41 heavy (non-hydrogen) atoms. The Morgan fingerprint density at radius 1 is 1.17 bits per heavy atom. The molecule has 0 unspecified atom stereocenters. The SMILES string of the molecule is C=CC(=O)Nc1cc(Nc2ncc3c(C)cc(=O)n(-c4cccc(C#N)c4)c3n2)c(OC)cc1N(C)CCN(C)C. The number of nitrogens with one attached hydrogen (secondary N) is 2. The van der Waals surface area contributed by atoms with Crippen LogP contribution >= 0.6 is 0 Å². The number of carbonyl (C=O) groups excluding carboxylic acids is 1. The Morgan fingerprint density at radius 2 is 1.95 bits per heavy atom. The number of fused-ring (bicyclic) bond motifs is 1. The zero-order chi connectivity index (χ0) is 29.7. The maximum atomic E-state index is 13.1. The number of aryl methyl sites for hydroxylation is 1. The second kappa shape index (κ2) is 12.3. The van der Waals surface area contributed by atoms with Crippen molar-refractivity contribution < 1.29 is 9.53 Å². The number of carbonyl (C=O) groups is 1. The number of aromatic nitrogens is 3. The van der Waals surface area contributed by atoms with Gasteiger partial charge in [-0.3, -0.25) is 14.2 Å². The van der Waals surface area contributed by atoms with Gasteiger partial charge in [-0.15, -0.1) is 0 Å². The first-order valence-electron chi connectivity index (χ1n) is 12.8. The van der Waals surface area contributed by atoms with Crippen molar-refractivity contribution in [1.82, 2.24) is 19.4 Å². The molecule has 0 saturated carbocycles. The largest absolute Gasteiger partial charge is 0.494 e. The predicted molar refractivity (Wildman–Crippen MR) is 162 cm³/mol. The van der Waals surface area contributed by atoms with Crippen LogP contribution < -0.4 is 25.8 Å². The van der Waals surface area contributed by atoms with E-state index >= 15 is 0 Å². The minimum Gasteiger partial charge on any atom is -0.494 e. The molecule has 0 bridgehead atoms.